The monoisotopic (exact) mass is 376 g/mol. The van der Waals surface area contributed by atoms with E-state index < -0.39 is 0 Å². The van der Waals surface area contributed by atoms with E-state index >= 15 is 0 Å². The largest absolute Gasteiger partial charge is 0.378 e. The van der Waals surface area contributed by atoms with E-state index in [1.54, 1.807) is 0 Å². The number of hydrogen-bond acceptors (Lipinski definition) is 5. The summed E-state index contributed by atoms with van der Waals surface area (Å²) in [6, 6.07) is 16.1. The van der Waals surface area contributed by atoms with Crippen LogP contribution in [0.15, 0.2) is 53.1 Å². The van der Waals surface area contributed by atoms with Crippen molar-refractivity contribution < 1.29 is 9.32 Å². The lowest BCUT2D eigenvalue weighted by Crippen LogP contribution is -2.24. The second-order valence-corrected chi connectivity index (χ2v) is 7.33. The van der Waals surface area contributed by atoms with Gasteiger partial charge in [0.2, 0.25) is 5.91 Å². The minimum Gasteiger partial charge on any atom is -0.378 e. The lowest BCUT2D eigenvalue weighted by molar-refractivity contribution is -0.117. The molecule has 1 saturated heterocycles. The molecular formula is C22H24N4O2. The molecule has 28 heavy (non-hydrogen) atoms. The van der Waals surface area contributed by atoms with Gasteiger partial charge in [0.25, 0.3) is 5.89 Å². The zero-order valence-corrected chi connectivity index (χ0v) is 16.4. The number of rotatable bonds is 5. The van der Waals surface area contributed by atoms with Crippen molar-refractivity contribution in [3.63, 3.8) is 0 Å². The Morgan fingerprint density at radius 3 is 2.79 bits per heavy atom. The number of aromatic nitrogens is 2. The van der Waals surface area contributed by atoms with E-state index in [1.807, 2.05) is 60.3 Å². The van der Waals surface area contributed by atoms with Crippen LogP contribution in [0.5, 0.6) is 0 Å². The third-order valence-electron chi connectivity index (χ3n) is 5.17. The number of carbonyl (C=O) groups excluding carboxylic acids is 1. The highest BCUT2D eigenvalue weighted by Gasteiger charge is 2.34. The average Bonchev–Trinajstić information content (AvgIpc) is 3.35. The summed E-state index contributed by atoms with van der Waals surface area (Å²) in [6.07, 6.45) is 1.34. The Morgan fingerprint density at radius 2 is 2.00 bits per heavy atom. The minimum atomic E-state index is -0.0627. The van der Waals surface area contributed by atoms with Gasteiger partial charge in [-0.25, -0.2) is 0 Å². The van der Waals surface area contributed by atoms with Crippen LogP contribution < -0.4 is 9.80 Å². The van der Waals surface area contributed by atoms with E-state index in [2.05, 4.69) is 29.2 Å². The SMILES string of the molecule is CCc1cccc(N2CC(c3noc(-c4cccc(N(C)C)c4)n3)CC2=O)c1. The molecule has 6 nitrogen and oxygen atoms in total. The molecule has 2 heterocycles. The van der Waals surface area contributed by atoms with E-state index in [9.17, 15) is 4.79 Å². The number of carbonyl (C=O) groups is 1. The summed E-state index contributed by atoms with van der Waals surface area (Å²) in [7, 11) is 3.98. The Balaban J connectivity index is 1.55. The number of amides is 1. The van der Waals surface area contributed by atoms with Crippen molar-refractivity contribution >= 4 is 17.3 Å². The third-order valence-corrected chi connectivity index (χ3v) is 5.17. The van der Waals surface area contributed by atoms with Gasteiger partial charge in [-0.3, -0.25) is 4.79 Å². The van der Waals surface area contributed by atoms with Crippen LogP contribution in [0.4, 0.5) is 11.4 Å². The van der Waals surface area contributed by atoms with Crippen molar-refractivity contribution in [2.45, 2.75) is 25.7 Å². The standard InChI is InChI=1S/C22H24N4O2/c1-4-15-7-5-10-19(11-15)26-14-17(13-20(26)27)21-23-22(28-24-21)16-8-6-9-18(12-16)25(2)3/h5-12,17H,4,13-14H2,1-3H3. The number of hydrogen-bond donors (Lipinski definition) is 0. The van der Waals surface area contributed by atoms with Gasteiger partial charge in [-0.15, -0.1) is 0 Å². The molecule has 0 bridgehead atoms. The molecule has 1 amide bonds. The molecule has 0 N–H and O–H groups in total. The molecule has 1 aromatic heterocycles. The first kappa shape index (κ1) is 18.2. The summed E-state index contributed by atoms with van der Waals surface area (Å²) in [5.74, 6) is 1.11. The quantitative estimate of drug-likeness (QED) is 0.676. The van der Waals surface area contributed by atoms with Crippen LogP contribution in [0.25, 0.3) is 11.5 Å². The zero-order valence-electron chi connectivity index (χ0n) is 16.4. The number of anilines is 2. The van der Waals surface area contributed by atoms with Gasteiger partial charge in [-0.05, 0) is 42.3 Å². The summed E-state index contributed by atoms with van der Waals surface area (Å²) in [4.78, 5) is 21.0. The summed E-state index contributed by atoms with van der Waals surface area (Å²) >= 11 is 0. The topological polar surface area (TPSA) is 62.5 Å². The Bertz CT molecular complexity index is 995. The molecule has 0 spiro atoms. The van der Waals surface area contributed by atoms with Crippen LogP contribution in [-0.2, 0) is 11.2 Å². The summed E-state index contributed by atoms with van der Waals surface area (Å²) < 4.78 is 5.50. The second kappa shape index (κ2) is 7.46. The van der Waals surface area contributed by atoms with Crippen LogP contribution >= 0.6 is 0 Å². The average molecular weight is 376 g/mol. The highest BCUT2D eigenvalue weighted by molar-refractivity contribution is 5.96. The van der Waals surface area contributed by atoms with Crippen LogP contribution in [-0.4, -0.2) is 36.7 Å². The van der Waals surface area contributed by atoms with E-state index in [0.29, 0.717) is 24.7 Å². The van der Waals surface area contributed by atoms with Gasteiger partial charge in [-0.2, -0.15) is 4.98 Å². The first-order valence-electron chi connectivity index (χ1n) is 9.56. The molecule has 0 radical (unpaired) electrons. The number of aryl methyl sites for hydroxylation is 1. The summed E-state index contributed by atoms with van der Waals surface area (Å²) in [5, 5.41) is 4.17. The number of nitrogens with zero attached hydrogens (tertiary/aromatic N) is 4. The van der Waals surface area contributed by atoms with Gasteiger partial charge in [0.05, 0.1) is 0 Å². The van der Waals surface area contributed by atoms with E-state index in [0.717, 1.165) is 23.4 Å². The molecule has 1 aliphatic rings. The molecular weight excluding hydrogens is 352 g/mol. The van der Waals surface area contributed by atoms with E-state index in [-0.39, 0.29) is 11.8 Å². The molecule has 2 aromatic carbocycles. The maximum atomic E-state index is 12.6. The zero-order chi connectivity index (χ0) is 19.7. The van der Waals surface area contributed by atoms with E-state index in [4.69, 9.17) is 4.52 Å². The predicted molar refractivity (Wildman–Crippen MR) is 110 cm³/mol. The van der Waals surface area contributed by atoms with Crippen molar-refractivity contribution in [2.75, 3.05) is 30.4 Å². The van der Waals surface area contributed by atoms with Gasteiger partial charge in [-0.1, -0.05) is 30.3 Å². The fourth-order valence-electron chi connectivity index (χ4n) is 3.51. The number of benzene rings is 2. The molecule has 6 heteroatoms. The molecule has 1 unspecified atom stereocenters. The minimum absolute atomic E-state index is 0.0627. The van der Waals surface area contributed by atoms with Crippen molar-refractivity contribution in [2.24, 2.45) is 0 Å². The second-order valence-electron chi connectivity index (χ2n) is 7.33. The van der Waals surface area contributed by atoms with Crippen molar-refractivity contribution in [1.82, 2.24) is 10.1 Å². The summed E-state index contributed by atoms with van der Waals surface area (Å²) in [6.45, 7) is 2.68. The van der Waals surface area contributed by atoms with Gasteiger partial charge in [0.1, 0.15) is 0 Å². The van der Waals surface area contributed by atoms with E-state index in [1.165, 1.54) is 5.56 Å². The van der Waals surface area contributed by atoms with Crippen molar-refractivity contribution in [3.05, 3.63) is 59.9 Å². The predicted octanol–water partition coefficient (Wildman–Crippen LogP) is 3.89. The molecule has 0 aliphatic carbocycles. The molecule has 1 aliphatic heterocycles. The fraction of sp³-hybridized carbons (Fsp3) is 0.318. The fourth-order valence-corrected chi connectivity index (χ4v) is 3.51. The van der Waals surface area contributed by atoms with Crippen molar-refractivity contribution in [3.8, 4) is 11.5 Å². The van der Waals surface area contributed by atoms with Gasteiger partial charge >= 0.3 is 0 Å². The highest BCUT2D eigenvalue weighted by atomic mass is 16.5. The Kier molecular flexibility index (Phi) is 4.86. The Morgan fingerprint density at radius 1 is 1.18 bits per heavy atom. The van der Waals surface area contributed by atoms with Crippen LogP contribution in [0, 0.1) is 0 Å². The lowest BCUT2D eigenvalue weighted by Gasteiger charge is -2.17. The maximum absolute atomic E-state index is 12.6. The summed E-state index contributed by atoms with van der Waals surface area (Å²) in [5.41, 5.74) is 4.10. The van der Waals surface area contributed by atoms with Crippen LogP contribution in [0.1, 0.15) is 30.7 Å². The smallest absolute Gasteiger partial charge is 0.258 e. The van der Waals surface area contributed by atoms with Crippen LogP contribution in [0.2, 0.25) is 0 Å². The first-order chi connectivity index (χ1) is 13.5. The first-order valence-corrected chi connectivity index (χ1v) is 9.56. The van der Waals surface area contributed by atoms with Crippen molar-refractivity contribution in [1.29, 1.82) is 0 Å². The molecule has 1 atom stereocenters. The van der Waals surface area contributed by atoms with Gasteiger partial charge in [0.15, 0.2) is 5.82 Å². The van der Waals surface area contributed by atoms with Gasteiger partial charge in [0, 0.05) is 49.9 Å². The molecule has 0 saturated carbocycles. The molecule has 144 valence electrons. The lowest BCUT2D eigenvalue weighted by atomic mass is 10.1. The van der Waals surface area contributed by atoms with Crippen LogP contribution in [0.3, 0.4) is 0 Å². The Hall–Kier alpha value is -3.15. The van der Waals surface area contributed by atoms with Gasteiger partial charge < -0.3 is 14.3 Å². The maximum Gasteiger partial charge on any atom is 0.258 e. The third kappa shape index (κ3) is 3.50. The Labute approximate surface area is 164 Å². The molecule has 4 rings (SSSR count). The highest BCUT2D eigenvalue weighted by Crippen LogP contribution is 2.32. The molecule has 3 aromatic rings. The molecule has 1 fully saturated rings. The normalized spacial score (nSPS) is 16.6.